The number of pyridine rings is 1. The van der Waals surface area contributed by atoms with Gasteiger partial charge in [-0.2, -0.15) is 0 Å². The molecule has 0 bridgehead atoms. The Kier molecular flexibility index (Phi) is 5.09. The van der Waals surface area contributed by atoms with Crippen LogP contribution in [-0.4, -0.2) is 41.0 Å². The summed E-state index contributed by atoms with van der Waals surface area (Å²) in [6, 6.07) is 12.0. The molecule has 2 aromatic heterocycles. The molecule has 1 aromatic carbocycles. The number of primary amides is 1. The molecule has 3 rings (SSSR count). The van der Waals surface area contributed by atoms with Gasteiger partial charge in [-0.05, 0) is 53.0 Å². The highest BCUT2D eigenvalue weighted by Crippen LogP contribution is 2.32. The number of benzene rings is 1. The fourth-order valence-electron chi connectivity index (χ4n) is 3.58. The van der Waals surface area contributed by atoms with Crippen molar-refractivity contribution in [1.29, 1.82) is 0 Å². The molecule has 2 heterocycles. The lowest BCUT2D eigenvalue weighted by atomic mass is 10.0. The monoisotopic (exact) mass is 350 g/mol. The van der Waals surface area contributed by atoms with Gasteiger partial charge in [-0.3, -0.25) is 4.79 Å². The Morgan fingerprint density at radius 1 is 1.12 bits per heavy atom. The number of hydrogen-bond acceptors (Lipinski definition) is 3. The summed E-state index contributed by atoms with van der Waals surface area (Å²) in [5, 5.41) is 1.08. The predicted molar refractivity (Wildman–Crippen MR) is 106 cm³/mol. The number of nitrogens with zero attached hydrogens (tertiary/aromatic N) is 3. The Bertz CT molecular complexity index is 956. The van der Waals surface area contributed by atoms with Crippen molar-refractivity contribution in [3.8, 4) is 11.3 Å². The molecule has 0 aliphatic heterocycles. The second-order valence-electron chi connectivity index (χ2n) is 6.98. The van der Waals surface area contributed by atoms with E-state index >= 15 is 0 Å². The topological polar surface area (TPSA) is 64.2 Å². The van der Waals surface area contributed by atoms with Crippen molar-refractivity contribution in [2.75, 3.05) is 20.6 Å². The Morgan fingerprint density at radius 2 is 1.85 bits per heavy atom. The van der Waals surface area contributed by atoms with Gasteiger partial charge >= 0.3 is 0 Å². The second kappa shape index (κ2) is 7.30. The molecule has 5 heteroatoms. The first-order valence-electron chi connectivity index (χ1n) is 8.90. The van der Waals surface area contributed by atoms with E-state index in [1.807, 2.05) is 50.2 Å². The molecule has 0 unspecified atom stereocenters. The SMILES string of the molecule is Cc1c(C(N)=O)c(-c2ccc3ccccc3n2)c(C)n1CCCN(C)C. The van der Waals surface area contributed by atoms with E-state index in [0.717, 1.165) is 53.1 Å². The van der Waals surface area contributed by atoms with E-state index in [9.17, 15) is 4.79 Å². The Morgan fingerprint density at radius 3 is 2.54 bits per heavy atom. The largest absolute Gasteiger partial charge is 0.366 e. The quantitative estimate of drug-likeness (QED) is 0.741. The van der Waals surface area contributed by atoms with Gasteiger partial charge in [0, 0.05) is 28.9 Å². The first-order valence-corrected chi connectivity index (χ1v) is 8.90. The summed E-state index contributed by atoms with van der Waals surface area (Å²) in [6.45, 7) is 5.85. The molecule has 2 N–H and O–H groups in total. The van der Waals surface area contributed by atoms with Gasteiger partial charge in [0.1, 0.15) is 0 Å². The van der Waals surface area contributed by atoms with Gasteiger partial charge in [-0.15, -0.1) is 0 Å². The zero-order valence-electron chi connectivity index (χ0n) is 15.9. The number of para-hydroxylation sites is 1. The fourth-order valence-corrected chi connectivity index (χ4v) is 3.58. The van der Waals surface area contributed by atoms with Crippen molar-refractivity contribution in [1.82, 2.24) is 14.5 Å². The second-order valence-corrected chi connectivity index (χ2v) is 6.98. The normalized spacial score (nSPS) is 11.4. The minimum atomic E-state index is -0.401. The minimum Gasteiger partial charge on any atom is -0.366 e. The molecule has 0 spiro atoms. The first kappa shape index (κ1) is 18.1. The van der Waals surface area contributed by atoms with Crippen LogP contribution in [0.1, 0.15) is 28.2 Å². The molecule has 26 heavy (non-hydrogen) atoms. The minimum absolute atomic E-state index is 0.401. The lowest BCUT2D eigenvalue weighted by Crippen LogP contribution is -2.16. The van der Waals surface area contributed by atoms with Crippen molar-refractivity contribution >= 4 is 16.8 Å². The summed E-state index contributed by atoms with van der Waals surface area (Å²) in [7, 11) is 4.13. The number of amides is 1. The Hall–Kier alpha value is -2.66. The maximum absolute atomic E-state index is 12.2. The third-order valence-corrected chi connectivity index (χ3v) is 4.87. The van der Waals surface area contributed by atoms with Gasteiger partial charge in [0.25, 0.3) is 5.91 Å². The average molecular weight is 350 g/mol. The maximum atomic E-state index is 12.2. The first-order chi connectivity index (χ1) is 12.4. The van der Waals surface area contributed by atoms with E-state index in [0.29, 0.717) is 5.56 Å². The molecule has 1 amide bonds. The van der Waals surface area contributed by atoms with Crippen LogP contribution in [0.2, 0.25) is 0 Å². The molecule has 5 nitrogen and oxygen atoms in total. The van der Waals surface area contributed by atoms with Crippen LogP contribution in [-0.2, 0) is 6.54 Å². The Balaban J connectivity index is 2.11. The van der Waals surface area contributed by atoms with E-state index < -0.39 is 5.91 Å². The van der Waals surface area contributed by atoms with Crippen LogP contribution < -0.4 is 5.73 Å². The van der Waals surface area contributed by atoms with Crippen LogP contribution in [0.15, 0.2) is 36.4 Å². The van der Waals surface area contributed by atoms with E-state index in [1.54, 1.807) is 0 Å². The number of carbonyl (C=O) groups is 1. The van der Waals surface area contributed by atoms with Crippen molar-refractivity contribution in [2.45, 2.75) is 26.8 Å². The average Bonchev–Trinajstić information content (AvgIpc) is 2.85. The van der Waals surface area contributed by atoms with E-state index in [2.05, 4.69) is 23.6 Å². The highest BCUT2D eigenvalue weighted by atomic mass is 16.1. The molecular formula is C21H26N4O. The maximum Gasteiger partial charge on any atom is 0.251 e. The van der Waals surface area contributed by atoms with Gasteiger partial charge < -0.3 is 15.2 Å². The standard InChI is InChI=1S/C21H26N4O/c1-14-19(18-11-10-16-8-5-6-9-17(16)23-18)20(21(22)26)15(2)25(14)13-7-12-24(3)4/h5-6,8-11H,7,12-13H2,1-4H3,(H2,22,26). The third-order valence-electron chi connectivity index (χ3n) is 4.87. The van der Waals surface area contributed by atoms with Crippen molar-refractivity contribution < 1.29 is 4.79 Å². The zero-order valence-corrected chi connectivity index (χ0v) is 15.9. The van der Waals surface area contributed by atoms with Crippen LogP contribution >= 0.6 is 0 Å². The summed E-state index contributed by atoms with van der Waals surface area (Å²) < 4.78 is 2.19. The summed E-state index contributed by atoms with van der Waals surface area (Å²) in [4.78, 5) is 19.1. The predicted octanol–water partition coefficient (Wildman–Crippen LogP) is 3.37. The molecule has 3 aromatic rings. The summed E-state index contributed by atoms with van der Waals surface area (Å²) in [5.74, 6) is -0.401. The summed E-state index contributed by atoms with van der Waals surface area (Å²) in [5.41, 5.74) is 10.8. The van der Waals surface area contributed by atoms with Gasteiger partial charge in [0.05, 0.1) is 16.8 Å². The molecule has 0 aliphatic carbocycles. The highest BCUT2D eigenvalue weighted by Gasteiger charge is 2.23. The third kappa shape index (κ3) is 3.35. The fraction of sp³-hybridized carbons (Fsp3) is 0.333. The molecule has 0 radical (unpaired) electrons. The van der Waals surface area contributed by atoms with E-state index in [1.165, 1.54) is 0 Å². The molecule has 136 valence electrons. The highest BCUT2D eigenvalue weighted by molar-refractivity contribution is 6.02. The van der Waals surface area contributed by atoms with Crippen molar-refractivity contribution in [3.63, 3.8) is 0 Å². The number of aromatic nitrogens is 2. The summed E-state index contributed by atoms with van der Waals surface area (Å²) >= 11 is 0. The number of rotatable bonds is 6. The van der Waals surface area contributed by atoms with Crippen LogP contribution in [0, 0.1) is 13.8 Å². The van der Waals surface area contributed by atoms with Gasteiger partial charge in [-0.25, -0.2) is 4.98 Å². The van der Waals surface area contributed by atoms with Crippen LogP contribution in [0.3, 0.4) is 0 Å². The number of nitrogens with two attached hydrogens (primary N) is 1. The number of hydrogen-bond donors (Lipinski definition) is 1. The Labute approximate surface area is 154 Å². The smallest absolute Gasteiger partial charge is 0.251 e. The van der Waals surface area contributed by atoms with Crippen molar-refractivity contribution in [2.24, 2.45) is 5.73 Å². The lowest BCUT2D eigenvalue weighted by molar-refractivity contribution is 0.1000. The van der Waals surface area contributed by atoms with E-state index in [4.69, 9.17) is 10.7 Å². The molecular weight excluding hydrogens is 324 g/mol. The van der Waals surface area contributed by atoms with Gasteiger partial charge in [-0.1, -0.05) is 24.3 Å². The van der Waals surface area contributed by atoms with E-state index in [-0.39, 0.29) is 0 Å². The molecule has 0 fully saturated rings. The molecule has 0 aliphatic rings. The van der Waals surface area contributed by atoms with Gasteiger partial charge in [0.2, 0.25) is 0 Å². The molecule has 0 atom stereocenters. The lowest BCUT2D eigenvalue weighted by Gasteiger charge is -2.13. The molecule has 0 saturated carbocycles. The van der Waals surface area contributed by atoms with Crippen LogP contribution in [0.25, 0.3) is 22.2 Å². The van der Waals surface area contributed by atoms with Crippen molar-refractivity contribution in [3.05, 3.63) is 53.3 Å². The van der Waals surface area contributed by atoms with Gasteiger partial charge in [0.15, 0.2) is 0 Å². The van der Waals surface area contributed by atoms with Crippen LogP contribution in [0.4, 0.5) is 0 Å². The molecule has 0 saturated heterocycles. The van der Waals surface area contributed by atoms with Crippen LogP contribution in [0.5, 0.6) is 0 Å². The summed E-state index contributed by atoms with van der Waals surface area (Å²) in [6.07, 6.45) is 1.01. The number of fused-ring (bicyclic) bond motifs is 1. The number of carbonyl (C=O) groups excluding carboxylic acids is 1. The zero-order chi connectivity index (χ0) is 18.8.